The first-order valence-electron chi connectivity index (χ1n) is 7.30. The Morgan fingerprint density at radius 3 is 2.32 bits per heavy atom. The molecule has 0 saturated heterocycles. The lowest BCUT2D eigenvalue weighted by molar-refractivity contribution is 0.345. The van der Waals surface area contributed by atoms with Crippen LogP contribution in [0.3, 0.4) is 0 Å². The lowest BCUT2D eigenvalue weighted by Crippen LogP contribution is -2.08. The van der Waals surface area contributed by atoms with E-state index in [0.717, 1.165) is 0 Å². The summed E-state index contributed by atoms with van der Waals surface area (Å²) >= 11 is 0. The van der Waals surface area contributed by atoms with Crippen LogP contribution in [-0.4, -0.2) is 31.5 Å². The number of hydrogen-bond donors (Lipinski definition) is 2. The Morgan fingerprint density at radius 1 is 0.960 bits per heavy atom. The average Bonchev–Trinajstić information content (AvgIpc) is 2.61. The van der Waals surface area contributed by atoms with Gasteiger partial charge in [-0.1, -0.05) is 12.1 Å². The maximum Gasteiger partial charge on any atom is 0.239 e. The van der Waals surface area contributed by atoms with Crippen molar-refractivity contribution in [3.05, 3.63) is 40.6 Å². The Bertz CT molecular complexity index is 1000. The summed E-state index contributed by atoms with van der Waals surface area (Å²) in [4.78, 5) is 12.8. The van der Waals surface area contributed by atoms with Crippen LogP contribution >= 0.6 is 0 Å². The van der Waals surface area contributed by atoms with Crippen LogP contribution in [0.1, 0.15) is 0 Å². The van der Waals surface area contributed by atoms with Gasteiger partial charge in [0.05, 0.1) is 21.3 Å². The third-order valence-corrected chi connectivity index (χ3v) is 3.79. The van der Waals surface area contributed by atoms with Gasteiger partial charge in [0.15, 0.2) is 17.3 Å². The molecule has 7 heteroatoms. The molecule has 0 aliphatic carbocycles. The van der Waals surface area contributed by atoms with E-state index in [2.05, 4.69) is 0 Å². The van der Waals surface area contributed by atoms with Gasteiger partial charge in [-0.05, 0) is 12.1 Å². The first kappa shape index (κ1) is 16.5. The second kappa shape index (κ2) is 6.27. The summed E-state index contributed by atoms with van der Waals surface area (Å²) in [6, 6.07) is 8.09. The molecule has 130 valence electrons. The molecule has 0 spiro atoms. The summed E-state index contributed by atoms with van der Waals surface area (Å²) in [6.45, 7) is 0. The minimum absolute atomic E-state index is 0.000537. The maximum absolute atomic E-state index is 12.8. The van der Waals surface area contributed by atoms with E-state index < -0.39 is 11.2 Å². The van der Waals surface area contributed by atoms with Crippen LogP contribution in [0.2, 0.25) is 0 Å². The van der Waals surface area contributed by atoms with Gasteiger partial charge in [-0.25, -0.2) is 0 Å². The van der Waals surface area contributed by atoms with Crippen LogP contribution in [0.5, 0.6) is 28.7 Å². The molecule has 0 atom stereocenters. The smallest absolute Gasteiger partial charge is 0.239 e. The molecule has 3 rings (SSSR count). The Morgan fingerprint density at radius 2 is 1.68 bits per heavy atom. The molecular weight excluding hydrogens is 328 g/mol. The highest BCUT2D eigenvalue weighted by molar-refractivity contribution is 5.91. The van der Waals surface area contributed by atoms with Crippen LogP contribution in [-0.2, 0) is 0 Å². The van der Waals surface area contributed by atoms with Crippen molar-refractivity contribution in [2.75, 3.05) is 21.3 Å². The maximum atomic E-state index is 12.8. The van der Waals surface area contributed by atoms with Crippen molar-refractivity contribution >= 4 is 11.0 Å². The Labute approximate surface area is 142 Å². The van der Waals surface area contributed by atoms with Crippen molar-refractivity contribution in [1.82, 2.24) is 0 Å². The minimum Gasteiger partial charge on any atom is -0.504 e. The van der Waals surface area contributed by atoms with E-state index in [1.54, 1.807) is 24.3 Å². The van der Waals surface area contributed by atoms with Crippen molar-refractivity contribution in [2.45, 2.75) is 0 Å². The number of rotatable bonds is 4. The predicted molar refractivity (Wildman–Crippen MR) is 90.9 cm³/mol. The standard InChI is InChI=1S/C18H16O7/c1-22-10-6-4-5-9(7-10)16-18(24-3)15(21)13-12(25-16)8-11(19)17(23-2)14(13)20/h4-8,19-20H,1-3H3. The van der Waals surface area contributed by atoms with Crippen LogP contribution in [0.25, 0.3) is 22.3 Å². The van der Waals surface area contributed by atoms with Crippen molar-refractivity contribution in [3.63, 3.8) is 0 Å². The SMILES string of the molecule is COc1cccc(-c2oc3cc(O)c(OC)c(O)c3c(=O)c2OC)c1. The van der Waals surface area contributed by atoms with Gasteiger partial charge < -0.3 is 28.8 Å². The van der Waals surface area contributed by atoms with Gasteiger partial charge in [0.1, 0.15) is 16.7 Å². The van der Waals surface area contributed by atoms with Crippen molar-refractivity contribution < 1.29 is 28.8 Å². The minimum atomic E-state index is -0.586. The molecule has 0 bridgehead atoms. The van der Waals surface area contributed by atoms with Gasteiger partial charge in [-0.15, -0.1) is 0 Å². The van der Waals surface area contributed by atoms with Crippen LogP contribution in [0.4, 0.5) is 0 Å². The quantitative estimate of drug-likeness (QED) is 0.751. The van der Waals surface area contributed by atoms with Crippen LogP contribution < -0.4 is 19.6 Å². The van der Waals surface area contributed by atoms with Gasteiger partial charge in [0.25, 0.3) is 0 Å². The fraction of sp³-hybridized carbons (Fsp3) is 0.167. The molecule has 2 aromatic carbocycles. The van der Waals surface area contributed by atoms with E-state index in [0.29, 0.717) is 11.3 Å². The lowest BCUT2D eigenvalue weighted by atomic mass is 10.1. The average molecular weight is 344 g/mol. The molecule has 1 aromatic heterocycles. The van der Waals surface area contributed by atoms with Crippen LogP contribution in [0.15, 0.2) is 39.5 Å². The first-order chi connectivity index (χ1) is 12.0. The monoisotopic (exact) mass is 344 g/mol. The zero-order valence-corrected chi connectivity index (χ0v) is 13.8. The largest absolute Gasteiger partial charge is 0.504 e. The number of benzene rings is 2. The molecule has 0 amide bonds. The van der Waals surface area contributed by atoms with E-state index in [-0.39, 0.29) is 34.0 Å². The summed E-state index contributed by atoms with van der Waals surface area (Å²) < 4.78 is 21.1. The number of phenolic OH excluding ortho intramolecular Hbond substituents is 2. The molecule has 0 saturated carbocycles. The van der Waals surface area contributed by atoms with Crippen molar-refractivity contribution in [3.8, 4) is 40.1 Å². The highest BCUT2D eigenvalue weighted by Crippen LogP contribution is 2.43. The second-order valence-electron chi connectivity index (χ2n) is 5.18. The molecular formula is C18H16O7. The third kappa shape index (κ3) is 2.59. The molecule has 25 heavy (non-hydrogen) atoms. The van der Waals surface area contributed by atoms with Crippen LogP contribution in [0, 0.1) is 0 Å². The fourth-order valence-corrected chi connectivity index (χ4v) is 2.63. The fourth-order valence-electron chi connectivity index (χ4n) is 2.63. The third-order valence-electron chi connectivity index (χ3n) is 3.79. The van der Waals surface area contributed by atoms with Gasteiger partial charge >= 0.3 is 0 Å². The molecule has 0 unspecified atom stereocenters. The molecule has 2 N–H and O–H groups in total. The summed E-state index contributed by atoms with van der Waals surface area (Å²) in [6.07, 6.45) is 0. The van der Waals surface area contributed by atoms with E-state index >= 15 is 0 Å². The Balaban J connectivity index is 2.40. The molecule has 7 nitrogen and oxygen atoms in total. The number of aromatic hydroxyl groups is 2. The van der Waals surface area contributed by atoms with E-state index in [1.807, 2.05) is 0 Å². The van der Waals surface area contributed by atoms with E-state index in [1.165, 1.54) is 27.4 Å². The summed E-state index contributed by atoms with van der Waals surface area (Å²) in [5.74, 6) is -0.426. The molecule has 1 heterocycles. The molecule has 0 fully saturated rings. The normalized spacial score (nSPS) is 10.7. The number of fused-ring (bicyclic) bond motifs is 1. The number of ether oxygens (including phenoxy) is 3. The highest BCUT2D eigenvalue weighted by Gasteiger charge is 2.23. The lowest BCUT2D eigenvalue weighted by Gasteiger charge is -2.12. The zero-order chi connectivity index (χ0) is 18.1. The Hall–Kier alpha value is -3.35. The zero-order valence-electron chi connectivity index (χ0n) is 13.8. The number of phenols is 2. The number of hydrogen-bond acceptors (Lipinski definition) is 7. The van der Waals surface area contributed by atoms with Crippen molar-refractivity contribution in [2.24, 2.45) is 0 Å². The molecule has 0 aliphatic rings. The van der Waals surface area contributed by atoms with Crippen molar-refractivity contribution in [1.29, 1.82) is 0 Å². The topological polar surface area (TPSA) is 98.4 Å². The summed E-state index contributed by atoms with van der Waals surface area (Å²) in [7, 11) is 4.12. The number of methoxy groups -OCH3 is 3. The summed E-state index contributed by atoms with van der Waals surface area (Å²) in [5.41, 5.74) is -0.0400. The molecule has 0 aliphatic heterocycles. The van der Waals surface area contributed by atoms with Gasteiger partial charge in [-0.2, -0.15) is 0 Å². The first-order valence-corrected chi connectivity index (χ1v) is 7.30. The van der Waals surface area contributed by atoms with E-state index in [4.69, 9.17) is 18.6 Å². The highest BCUT2D eigenvalue weighted by atomic mass is 16.5. The van der Waals surface area contributed by atoms with Gasteiger partial charge in [0.2, 0.25) is 16.9 Å². The van der Waals surface area contributed by atoms with E-state index in [9.17, 15) is 15.0 Å². The Kier molecular flexibility index (Phi) is 4.14. The molecule has 3 aromatic rings. The van der Waals surface area contributed by atoms with Gasteiger partial charge in [0, 0.05) is 11.6 Å². The predicted octanol–water partition coefficient (Wildman–Crippen LogP) is 2.90. The second-order valence-corrected chi connectivity index (χ2v) is 5.18. The molecule has 0 radical (unpaired) electrons. The summed E-state index contributed by atoms with van der Waals surface area (Å²) in [5, 5.41) is 20.1. The van der Waals surface area contributed by atoms with Gasteiger partial charge in [-0.3, -0.25) is 4.79 Å².